The second-order valence-corrected chi connectivity index (χ2v) is 4.54. The van der Waals surface area contributed by atoms with E-state index in [1.807, 2.05) is 21.2 Å². The fourth-order valence-corrected chi connectivity index (χ4v) is 2.83. The van der Waals surface area contributed by atoms with Crippen LogP contribution < -0.4 is 0 Å². The molecule has 1 aromatic rings. The molecule has 0 heterocycles. The summed E-state index contributed by atoms with van der Waals surface area (Å²) in [6.07, 6.45) is -4.32. The number of hydrogen-bond donors (Lipinski definition) is 0. The summed E-state index contributed by atoms with van der Waals surface area (Å²) in [5.41, 5.74) is -0.716. The van der Waals surface area contributed by atoms with Crippen molar-refractivity contribution in [2.24, 2.45) is 0 Å². The van der Waals surface area contributed by atoms with Gasteiger partial charge in [0.15, 0.2) is 0 Å². The van der Waals surface area contributed by atoms with Gasteiger partial charge in [-0.15, -0.1) is 0 Å². The first kappa shape index (κ1) is 11.5. The van der Waals surface area contributed by atoms with E-state index in [1.165, 1.54) is 15.0 Å². The van der Waals surface area contributed by atoms with Crippen LogP contribution in [0.2, 0.25) is 5.02 Å². The Labute approximate surface area is 94.4 Å². The number of benzene rings is 1. The summed E-state index contributed by atoms with van der Waals surface area (Å²) in [4.78, 5) is 0.635. The molecule has 0 amide bonds. The van der Waals surface area contributed by atoms with E-state index in [4.69, 9.17) is 11.6 Å². The Kier molecular flexibility index (Phi) is 3.76. The molecule has 0 N–H and O–H groups in total. The van der Waals surface area contributed by atoms with E-state index >= 15 is 0 Å². The van der Waals surface area contributed by atoms with Crippen molar-refractivity contribution < 1.29 is 13.2 Å². The Balaban J connectivity index is 3.10. The van der Waals surface area contributed by atoms with Gasteiger partial charge in [-0.1, -0.05) is 20.5 Å². The average molecular weight is 339 g/mol. The van der Waals surface area contributed by atoms with Crippen molar-refractivity contribution in [1.29, 1.82) is 0 Å². The molecule has 0 atom stereocenters. The van der Waals surface area contributed by atoms with Crippen molar-refractivity contribution in [2.75, 3.05) is 0 Å². The normalized spacial score (nSPS) is 11.8. The third-order valence-electron chi connectivity index (χ3n) is 1.34. The molecule has 6 heteroatoms. The lowest BCUT2D eigenvalue weighted by Gasteiger charge is -2.07. The zero-order chi connectivity index (χ0) is 10.1. The molecule has 0 nitrogen and oxygen atoms in total. The molecule has 0 spiro atoms. The third-order valence-corrected chi connectivity index (χ3v) is 3.71. The summed E-state index contributed by atoms with van der Waals surface area (Å²) in [5, 5.41) is 0.134. The fourth-order valence-electron chi connectivity index (χ4n) is 0.740. The number of rotatable bonds is 1. The summed E-state index contributed by atoms with van der Waals surface area (Å²) < 4.78 is 36.4. The second-order valence-electron chi connectivity index (χ2n) is 2.22. The Hall–Kier alpha value is 0.380. The maximum absolute atomic E-state index is 12.1. The molecule has 1 rings (SSSR count). The molecule has 0 unspecified atom stereocenters. The summed E-state index contributed by atoms with van der Waals surface area (Å²) >= 11 is 7.57. The second kappa shape index (κ2) is 4.27. The fraction of sp³-hybridized carbons (Fsp3) is 0.143. The van der Waals surface area contributed by atoms with Gasteiger partial charge >= 0.3 is 6.18 Å². The quantitative estimate of drug-likeness (QED) is 0.663. The maximum Gasteiger partial charge on any atom is 0.416 e. The molecule has 0 saturated heterocycles. The molecule has 0 aliphatic heterocycles. The van der Waals surface area contributed by atoms with Crippen LogP contribution in [0.15, 0.2) is 23.1 Å². The molecule has 1 aromatic carbocycles. The first-order valence-corrected chi connectivity index (χ1v) is 6.84. The van der Waals surface area contributed by atoms with Crippen LogP contribution in [-0.4, -0.2) is 0 Å². The monoisotopic (exact) mass is 338 g/mol. The molecule has 0 aromatic heterocycles. The molecule has 13 heavy (non-hydrogen) atoms. The molecule has 0 bridgehead atoms. The number of hydrogen-bond acceptors (Lipinski definition) is 1. The van der Waals surface area contributed by atoms with Gasteiger partial charge in [-0.2, -0.15) is 13.2 Å². The van der Waals surface area contributed by atoms with Crippen LogP contribution in [0.25, 0.3) is 0 Å². The van der Waals surface area contributed by atoms with Gasteiger partial charge in [-0.05, 0) is 18.2 Å². The van der Waals surface area contributed by atoms with Crippen LogP contribution >= 0.6 is 41.7 Å². The Morgan fingerprint density at radius 2 is 1.92 bits per heavy atom. The van der Waals surface area contributed by atoms with E-state index in [2.05, 4.69) is 0 Å². The third kappa shape index (κ3) is 2.92. The van der Waals surface area contributed by atoms with Crippen molar-refractivity contribution in [3.63, 3.8) is 0 Å². The van der Waals surface area contributed by atoms with E-state index in [0.29, 0.717) is 4.90 Å². The van der Waals surface area contributed by atoms with Gasteiger partial charge in [0.25, 0.3) is 0 Å². The van der Waals surface area contributed by atoms with Crippen LogP contribution in [0.4, 0.5) is 13.2 Å². The van der Waals surface area contributed by atoms with Gasteiger partial charge in [-0.25, -0.2) is 0 Å². The first-order valence-electron chi connectivity index (χ1n) is 3.10. The Bertz CT molecular complexity index is 313. The molecule has 0 saturated carbocycles. The average Bonchev–Trinajstić information content (AvgIpc) is 2.02. The Morgan fingerprint density at radius 1 is 1.31 bits per heavy atom. The summed E-state index contributed by atoms with van der Waals surface area (Å²) in [6.45, 7) is 0. The minimum absolute atomic E-state index is 0.134. The topological polar surface area (TPSA) is 0 Å². The first-order chi connectivity index (χ1) is 5.95. The molecule has 0 radical (unpaired) electrons. The SMILES string of the molecule is FC(F)(F)c1ccc(SI)c(Cl)c1. The van der Waals surface area contributed by atoms with Crippen molar-refractivity contribution in [2.45, 2.75) is 11.1 Å². The van der Waals surface area contributed by atoms with Gasteiger partial charge < -0.3 is 0 Å². The largest absolute Gasteiger partial charge is 0.416 e. The van der Waals surface area contributed by atoms with Crippen molar-refractivity contribution >= 4 is 41.7 Å². The smallest absolute Gasteiger partial charge is 0.166 e. The zero-order valence-corrected chi connectivity index (χ0v) is 9.76. The predicted octanol–water partition coefficient (Wildman–Crippen LogP) is 4.80. The minimum Gasteiger partial charge on any atom is -0.166 e. The standard InChI is InChI=1S/C7H3ClF3IS/c8-5-3-4(7(9,10)11)1-2-6(5)13-12/h1-3H. The lowest BCUT2D eigenvalue weighted by atomic mass is 10.2. The van der Waals surface area contributed by atoms with Crippen molar-refractivity contribution in [3.8, 4) is 0 Å². The van der Waals surface area contributed by atoms with Crippen LogP contribution in [0.3, 0.4) is 0 Å². The van der Waals surface area contributed by atoms with E-state index in [0.717, 1.165) is 12.1 Å². The summed E-state index contributed by atoms with van der Waals surface area (Å²) in [7, 11) is 1.29. The maximum atomic E-state index is 12.1. The van der Waals surface area contributed by atoms with Gasteiger partial charge in [0, 0.05) is 26.1 Å². The molecular formula is C7H3ClF3IS. The minimum atomic E-state index is -4.32. The number of halogens is 5. The summed E-state index contributed by atoms with van der Waals surface area (Å²) in [6, 6.07) is 3.32. The predicted molar refractivity (Wildman–Crippen MR) is 56.3 cm³/mol. The molecule has 72 valence electrons. The molecule has 0 aliphatic carbocycles. The lowest BCUT2D eigenvalue weighted by Crippen LogP contribution is -2.04. The highest BCUT2D eigenvalue weighted by molar-refractivity contribution is 14.2. The Morgan fingerprint density at radius 3 is 2.31 bits per heavy atom. The van der Waals surface area contributed by atoms with Crippen molar-refractivity contribution in [1.82, 2.24) is 0 Å². The van der Waals surface area contributed by atoms with Gasteiger partial charge in [0.2, 0.25) is 0 Å². The zero-order valence-electron chi connectivity index (χ0n) is 6.03. The van der Waals surface area contributed by atoms with E-state index < -0.39 is 11.7 Å². The van der Waals surface area contributed by atoms with Crippen LogP contribution in [0, 0.1) is 0 Å². The van der Waals surface area contributed by atoms with Crippen molar-refractivity contribution in [3.05, 3.63) is 28.8 Å². The van der Waals surface area contributed by atoms with E-state index in [9.17, 15) is 13.2 Å². The van der Waals surface area contributed by atoms with Crippen LogP contribution in [0.5, 0.6) is 0 Å². The van der Waals surface area contributed by atoms with Gasteiger partial charge in [0.05, 0.1) is 10.6 Å². The van der Waals surface area contributed by atoms with E-state index in [-0.39, 0.29) is 5.02 Å². The highest BCUT2D eigenvalue weighted by Gasteiger charge is 2.30. The lowest BCUT2D eigenvalue weighted by molar-refractivity contribution is -0.137. The van der Waals surface area contributed by atoms with Gasteiger partial charge in [-0.3, -0.25) is 0 Å². The van der Waals surface area contributed by atoms with Gasteiger partial charge in [0.1, 0.15) is 0 Å². The van der Waals surface area contributed by atoms with Crippen LogP contribution in [-0.2, 0) is 6.18 Å². The van der Waals surface area contributed by atoms with Crippen LogP contribution in [0.1, 0.15) is 5.56 Å². The highest BCUT2D eigenvalue weighted by Crippen LogP contribution is 2.37. The van der Waals surface area contributed by atoms with E-state index in [1.54, 1.807) is 0 Å². The summed E-state index contributed by atoms with van der Waals surface area (Å²) in [5.74, 6) is 0. The molecule has 0 fully saturated rings. The highest BCUT2D eigenvalue weighted by atomic mass is 127. The molecular weight excluding hydrogens is 335 g/mol. The molecule has 0 aliphatic rings. The number of alkyl halides is 3.